The number of nitrogens with one attached hydrogen (secondary N) is 1. The van der Waals surface area contributed by atoms with Crippen molar-refractivity contribution < 1.29 is 0 Å². The highest BCUT2D eigenvalue weighted by atomic mass is 32.2. The van der Waals surface area contributed by atoms with E-state index in [0.717, 1.165) is 12.0 Å². The second-order valence-electron chi connectivity index (χ2n) is 6.16. The smallest absolute Gasteiger partial charge is 0.0104 e. The normalized spacial score (nSPS) is 22.4. The molecule has 0 radical (unpaired) electrons. The molecule has 1 aromatic rings. The zero-order valence-electron chi connectivity index (χ0n) is 13.2. The van der Waals surface area contributed by atoms with Crippen LogP contribution in [0.15, 0.2) is 23.1 Å². The van der Waals surface area contributed by atoms with E-state index in [2.05, 4.69) is 44.3 Å². The Hall–Kier alpha value is -0.470. The molecular weight excluding hydrogens is 262 g/mol. The Bertz CT molecular complexity index is 416. The number of aryl methyl sites for hydroxylation is 2. The SMILES string of the molecule is CCCNC1CCCC1CCSc1cc(C)ccc1C. The van der Waals surface area contributed by atoms with Crippen molar-refractivity contribution in [1.82, 2.24) is 5.32 Å². The van der Waals surface area contributed by atoms with Crippen molar-refractivity contribution in [2.24, 2.45) is 5.92 Å². The monoisotopic (exact) mass is 291 g/mol. The molecule has 1 nitrogen and oxygen atoms in total. The summed E-state index contributed by atoms with van der Waals surface area (Å²) in [7, 11) is 0. The number of hydrogen-bond donors (Lipinski definition) is 1. The average molecular weight is 292 g/mol. The maximum absolute atomic E-state index is 3.74. The molecule has 2 atom stereocenters. The summed E-state index contributed by atoms with van der Waals surface area (Å²) in [5.41, 5.74) is 2.80. The van der Waals surface area contributed by atoms with Gasteiger partial charge in [0.2, 0.25) is 0 Å². The van der Waals surface area contributed by atoms with Crippen molar-refractivity contribution in [2.75, 3.05) is 12.3 Å². The van der Waals surface area contributed by atoms with Crippen LogP contribution in [0.1, 0.15) is 50.2 Å². The fourth-order valence-corrected chi connectivity index (χ4v) is 4.37. The maximum atomic E-state index is 3.74. The molecule has 1 aliphatic carbocycles. The van der Waals surface area contributed by atoms with Crippen LogP contribution >= 0.6 is 11.8 Å². The zero-order valence-corrected chi connectivity index (χ0v) is 14.1. The molecule has 0 heterocycles. The van der Waals surface area contributed by atoms with E-state index in [-0.39, 0.29) is 0 Å². The lowest BCUT2D eigenvalue weighted by Crippen LogP contribution is -2.33. The van der Waals surface area contributed by atoms with Crippen molar-refractivity contribution in [3.8, 4) is 0 Å². The number of hydrogen-bond acceptors (Lipinski definition) is 2. The molecule has 0 aromatic heterocycles. The minimum atomic E-state index is 0.786. The van der Waals surface area contributed by atoms with Gasteiger partial charge in [0, 0.05) is 10.9 Å². The summed E-state index contributed by atoms with van der Waals surface area (Å²) in [5, 5.41) is 3.74. The number of thioether (sulfide) groups is 1. The average Bonchev–Trinajstić information content (AvgIpc) is 2.88. The fourth-order valence-electron chi connectivity index (χ4n) is 3.16. The third-order valence-electron chi connectivity index (χ3n) is 4.41. The molecule has 1 aliphatic rings. The zero-order chi connectivity index (χ0) is 14.4. The molecule has 2 rings (SSSR count). The van der Waals surface area contributed by atoms with Gasteiger partial charge < -0.3 is 5.32 Å². The number of rotatable bonds is 7. The Kier molecular flexibility index (Phi) is 6.44. The molecule has 1 aromatic carbocycles. The molecule has 0 spiro atoms. The van der Waals surface area contributed by atoms with Crippen LogP contribution in [0.3, 0.4) is 0 Å². The Balaban J connectivity index is 1.78. The lowest BCUT2D eigenvalue weighted by molar-refractivity contribution is 0.393. The molecule has 1 saturated carbocycles. The maximum Gasteiger partial charge on any atom is 0.0104 e. The van der Waals surface area contributed by atoms with Gasteiger partial charge in [-0.2, -0.15) is 0 Å². The Labute approximate surface area is 128 Å². The Morgan fingerprint density at radius 2 is 2.10 bits per heavy atom. The van der Waals surface area contributed by atoms with Gasteiger partial charge in [-0.25, -0.2) is 0 Å². The van der Waals surface area contributed by atoms with Crippen LogP contribution in [0, 0.1) is 19.8 Å². The summed E-state index contributed by atoms with van der Waals surface area (Å²) in [6.07, 6.45) is 6.84. The third kappa shape index (κ3) is 4.53. The van der Waals surface area contributed by atoms with Gasteiger partial charge >= 0.3 is 0 Å². The van der Waals surface area contributed by atoms with Gasteiger partial charge in [-0.3, -0.25) is 0 Å². The standard InChI is InChI=1S/C18H29NS/c1-4-11-19-17-7-5-6-16(17)10-12-20-18-13-14(2)8-9-15(18)3/h8-9,13,16-17,19H,4-7,10-12H2,1-3H3. The first-order valence-corrected chi connectivity index (χ1v) is 9.12. The minimum absolute atomic E-state index is 0.786. The quantitative estimate of drug-likeness (QED) is 0.713. The summed E-state index contributed by atoms with van der Waals surface area (Å²) in [6, 6.07) is 7.58. The first kappa shape index (κ1) is 15.9. The molecule has 112 valence electrons. The topological polar surface area (TPSA) is 12.0 Å². The molecule has 0 saturated heterocycles. The van der Waals surface area contributed by atoms with Gasteiger partial charge in [-0.15, -0.1) is 11.8 Å². The molecule has 0 amide bonds. The fraction of sp³-hybridized carbons (Fsp3) is 0.667. The number of benzene rings is 1. The molecule has 1 fully saturated rings. The van der Waals surface area contributed by atoms with E-state index in [0.29, 0.717) is 0 Å². The second kappa shape index (κ2) is 8.09. The van der Waals surface area contributed by atoms with Crippen molar-refractivity contribution in [1.29, 1.82) is 0 Å². The largest absolute Gasteiger partial charge is 0.314 e. The van der Waals surface area contributed by atoms with Crippen LogP contribution in [0.4, 0.5) is 0 Å². The first-order valence-electron chi connectivity index (χ1n) is 8.14. The molecule has 2 heteroatoms. The van der Waals surface area contributed by atoms with Crippen LogP contribution in [-0.4, -0.2) is 18.3 Å². The lowest BCUT2D eigenvalue weighted by atomic mass is 10.0. The highest BCUT2D eigenvalue weighted by molar-refractivity contribution is 7.99. The highest BCUT2D eigenvalue weighted by Gasteiger charge is 2.25. The van der Waals surface area contributed by atoms with Crippen LogP contribution in [-0.2, 0) is 0 Å². The molecule has 0 aliphatic heterocycles. The van der Waals surface area contributed by atoms with Gasteiger partial charge in [-0.1, -0.05) is 31.0 Å². The Morgan fingerprint density at radius 3 is 2.90 bits per heavy atom. The molecular formula is C18H29NS. The molecule has 20 heavy (non-hydrogen) atoms. The summed E-state index contributed by atoms with van der Waals surface area (Å²) in [4.78, 5) is 1.47. The van der Waals surface area contributed by atoms with E-state index >= 15 is 0 Å². The molecule has 0 bridgehead atoms. The van der Waals surface area contributed by atoms with E-state index in [1.54, 1.807) is 0 Å². The first-order chi connectivity index (χ1) is 9.70. The minimum Gasteiger partial charge on any atom is -0.314 e. The van der Waals surface area contributed by atoms with Crippen LogP contribution < -0.4 is 5.32 Å². The van der Waals surface area contributed by atoms with Crippen LogP contribution in [0.2, 0.25) is 0 Å². The van der Waals surface area contributed by atoms with Gasteiger partial charge in [0.1, 0.15) is 0 Å². The van der Waals surface area contributed by atoms with E-state index in [4.69, 9.17) is 0 Å². The molecule has 1 N–H and O–H groups in total. The van der Waals surface area contributed by atoms with Gasteiger partial charge in [0.25, 0.3) is 0 Å². The molecule has 2 unspecified atom stereocenters. The second-order valence-corrected chi connectivity index (χ2v) is 7.29. The van der Waals surface area contributed by atoms with E-state index in [9.17, 15) is 0 Å². The Morgan fingerprint density at radius 1 is 1.25 bits per heavy atom. The van der Waals surface area contributed by atoms with Gasteiger partial charge in [0.05, 0.1) is 0 Å². The highest BCUT2D eigenvalue weighted by Crippen LogP contribution is 2.32. The predicted octanol–water partition coefficient (Wildman–Crippen LogP) is 4.95. The predicted molar refractivity (Wildman–Crippen MR) is 90.7 cm³/mol. The van der Waals surface area contributed by atoms with Crippen molar-refractivity contribution in [3.63, 3.8) is 0 Å². The summed E-state index contributed by atoms with van der Waals surface area (Å²) in [6.45, 7) is 7.85. The van der Waals surface area contributed by atoms with Crippen molar-refractivity contribution in [2.45, 2.75) is 63.8 Å². The summed E-state index contributed by atoms with van der Waals surface area (Å²) < 4.78 is 0. The van der Waals surface area contributed by atoms with Gasteiger partial charge in [-0.05, 0) is 69.4 Å². The van der Waals surface area contributed by atoms with Gasteiger partial charge in [0.15, 0.2) is 0 Å². The van der Waals surface area contributed by atoms with Crippen LogP contribution in [0.25, 0.3) is 0 Å². The van der Waals surface area contributed by atoms with Crippen molar-refractivity contribution in [3.05, 3.63) is 29.3 Å². The van der Waals surface area contributed by atoms with E-state index < -0.39 is 0 Å². The third-order valence-corrected chi connectivity index (χ3v) is 5.60. The lowest BCUT2D eigenvalue weighted by Gasteiger charge is -2.20. The van der Waals surface area contributed by atoms with E-state index in [1.807, 2.05) is 11.8 Å². The summed E-state index contributed by atoms with van der Waals surface area (Å²) in [5.74, 6) is 2.17. The van der Waals surface area contributed by atoms with E-state index in [1.165, 1.54) is 60.4 Å². The van der Waals surface area contributed by atoms with Crippen LogP contribution in [0.5, 0.6) is 0 Å². The summed E-state index contributed by atoms with van der Waals surface area (Å²) >= 11 is 2.05. The van der Waals surface area contributed by atoms with Crippen molar-refractivity contribution >= 4 is 11.8 Å².